The van der Waals surface area contributed by atoms with E-state index in [0.717, 1.165) is 21.2 Å². The predicted octanol–water partition coefficient (Wildman–Crippen LogP) is 4.91. The summed E-state index contributed by atoms with van der Waals surface area (Å²) in [6.45, 7) is 6.42. The van der Waals surface area contributed by atoms with E-state index in [1.807, 2.05) is 12.1 Å². The summed E-state index contributed by atoms with van der Waals surface area (Å²) < 4.78 is 0.962. The molecule has 1 heterocycles. The molecule has 0 bridgehead atoms. The van der Waals surface area contributed by atoms with Gasteiger partial charge < -0.3 is 0 Å². The maximum Gasteiger partial charge on any atom is 0.161 e. The molecule has 0 radical (unpaired) electrons. The number of halogens is 2. The Morgan fingerprint density at radius 2 is 2.00 bits per heavy atom. The smallest absolute Gasteiger partial charge is 0.161 e. The van der Waals surface area contributed by atoms with Crippen LogP contribution in [0.15, 0.2) is 24.3 Å². The molecular weight excluding hydrogens is 371 g/mol. The van der Waals surface area contributed by atoms with Crippen LogP contribution in [0.4, 0.5) is 0 Å². The Morgan fingerprint density at radius 3 is 2.63 bits per heavy atom. The molecule has 0 unspecified atom stereocenters. The summed E-state index contributed by atoms with van der Waals surface area (Å²) in [5, 5.41) is 0.544. The van der Waals surface area contributed by atoms with Crippen molar-refractivity contribution in [1.82, 2.24) is 9.97 Å². The highest BCUT2D eigenvalue weighted by Crippen LogP contribution is 2.25. The third kappa shape index (κ3) is 3.66. The fourth-order valence-corrected chi connectivity index (χ4v) is 2.55. The van der Waals surface area contributed by atoms with Gasteiger partial charge in [-0.25, -0.2) is 9.97 Å². The van der Waals surface area contributed by atoms with Crippen molar-refractivity contribution >= 4 is 34.2 Å². The van der Waals surface area contributed by atoms with E-state index in [-0.39, 0.29) is 0 Å². The van der Waals surface area contributed by atoms with Gasteiger partial charge in [0.05, 0.1) is 9.26 Å². The lowest BCUT2D eigenvalue weighted by Gasteiger charge is -2.10. The summed E-state index contributed by atoms with van der Waals surface area (Å²) in [5.41, 5.74) is 3.25. The molecule has 0 saturated heterocycles. The molecule has 0 spiro atoms. The number of nitrogens with zero attached hydrogens (tertiary/aromatic N) is 2. The molecule has 0 aliphatic heterocycles. The first-order valence-electron chi connectivity index (χ1n) is 6.26. The summed E-state index contributed by atoms with van der Waals surface area (Å²) >= 11 is 8.46. The molecular formula is C15H16ClIN2. The molecule has 0 saturated carbocycles. The highest BCUT2D eigenvalue weighted by atomic mass is 127. The normalized spacial score (nSPS) is 11.1. The number of benzene rings is 1. The van der Waals surface area contributed by atoms with Gasteiger partial charge in [0.2, 0.25) is 0 Å². The van der Waals surface area contributed by atoms with E-state index in [0.29, 0.717) is 16.9 Å². The minimum atomic E-state index is 0.544. The van der Waals surface area contributed by atoms with Crippen molar-refractivity contribution in [1.29, 1.82) is 0 Å². The van der Waals surface area contributed by atoms with Gasteiger partial charge >= 0.3 is 0 Å². The molecule has 0 amide bonds. The van der Waals surface area contributed by atoms with E-state index in [1.165, 1.54) is 5.56 Å². The van der Waals surface area contributed by atoms with Crippen molar-refractivity contribution in [2.24, 2.45) is 5.92 Å². The number of aromatic nitrogens is 2. The Balaban J connectivity index is 2.50. The summed E-state index contributed by atoms with van der Waals surface area (Å²) in [7, 11) is 0. The highest BCUT2D eigenvalue weighted by Gasteiger charge is 2.13. The average Bonchev–Trinajstić information content (AvgIpc) is 2.34. The first kappa shape index (κ1) is 14.7. The van der Waals surface area contributed by atoms with Crippen LogP contribution in [0.1, 0.15) is 25.1 Å². The zero-order valence-electron chi connectivity index (χ0n) is 11.2. The van der Waals surface area contributed by atoms with Crippen molar-refractivity contribution in [3.8, 4) is 11.4 Å². The second kappa shape index (κ2) is 6.18. The van der Waals surface area contributed by atoms with E-state index >= 15 is 0 Å². The fourth-order valence-electron chi connectivity index (χ4n) is 1.90. The van der Waals surface area contributed by atoms with Crippen LogP contribution in [0, 0.1) is 16.4 Å². The first-order valence-corrected chi connectivity index (χ1v) is 7.72. The monoisotopic (exact) mass is 386 g/mol. The zero-order valence-corrected chi connectivity index (χ0v) is 14.2. The maximum atomic E-state index is 6.23. The Bertz CT molecular complexity index is 597. The SMILES string of the molecule is Cc1cccc(-c2nc(Cl)c(I)c(CC(C)C)n2)c1. The number of hydrogen-bond acceptors (Lipinski definition) is 2. The molecule has 1 aromatic carbocycles. The van der Waals surface area contributed by atoms with Gasteiger partial charge in [0.1, 0.15) is 5.15 Å². The molecule has 19 heavy (non-hydrogen) atoms. The lowest BCUT2D eigenvalue weighted by Crippen LogP contribution is -2.04. The van der Waals surface area contributed by atoms with Crippen molar-refractivity contribution in [3.05, 3.63) is 44.2 Å². The summed E-state index contributed by atoms with van der Waals surface area (Å²) in [5.74, 6) is 1.26. The topological polar surface area (TPSA) is 25.8 Å². The third-order valence-corrected chi connectivity index (χ3v) is 4.48. The van der Waals surface area contributed by atoms with E-state index in [2.05, 4.69) is 65.5 Å². The Hall–Kier alpha value is -0.680. The number of aryl methyl sites for hydroxylation is 1. The Kier molecular flexibility index (Phi) is 4.79. The van der Waals surface area contributed by atoms with Crippen LogP contribution < -0.4 is 0 Å². The standard InChI is InChI=1S/C15H16ClIN2/c1-9(2)7-12-13(17)14(16)19-15(18-12)11-6-4-5-10(3)8-11/h4-6,8-9H,7H2,1-3H3. The molecule has 0 N–H and O–H groups in total. The van der Waals surface area contributed by atoms with Gasteiger partial charge in [0.25, 0.3) is 0 Å². The molecule has 2 rings (SSSR count). The third-order valence-electron chi connectivity index (χ3n) is 2.76. The highest BCUT2D eigenvalue weighted by molar-refractivity contribution is 14.1. The summed E-state index contributed by atoms with van der Waals surface area (Å²) in [6.07, 6.45) is 0.916. The van der Waals surface area contributed by atoms with Crippen LogP contribution in [0.5, 0.6) is 0 Å². The molecule has 2 nitrogen and oxygen atoms in total. The molecule has 100 valence electrons. The van der Waals surface area contributed by atoms with Crippen LogP contribution in [-0.2, 0) is 6.42 Å². The van der Waals surface area contributed by atoms with Gasteiger partial charge in [0.15, 0.2) is 5.82 Å². The minimum absolute atomic E-state index is 0.544. The lowest BCUT2D eigenvalue weighted by molar-refractivity contribution is 0.632. The summed E-state index contributed by atoms with van der Waals surface area (Å²) in [4.78, 5) is 9.08. The number of hydrogen-bond donors (Lipinski definition) is 0. The molecule has 0 fully saturated rings. The maximum absolute atomic E-state index is 6.23. The first-order chi connectivity index (χ1) is 8.97. The van der Waals surface area contributed by atoms with Crippen LogP contribution in [-0.4, -0.2) is 9.97 Å². The minimum Gasteiger partial charge on any atom is -0.232 e. The fraction of sp³-hybridized carbons (Fsp3) is 0.333. The zero-order chi connectivity index (χ0) is 14.0. The number of rotatable bonds is 3. The quantitative estimate of drug-likeness (QED) is 0.553. The van der Waals surface area contributed by atoms with E-state index in [4.69, 9.17) is 11.6 Å². The van der Waals surface area contributed by atoms with E-state index < -0.39 is 0 Å². The molecule has 0 atom stereocenters. The molecule has 1 aromatic heterocycles. The second-order valence-electron chi connectivity index (χ2n) is 5.07. The van der Waals surface area contributed by atoms with Crippen molar-refractivity contribution in [2.45, 2.75) is 27.2 Å². The molecule has 0 aliphatic rings. The van der Waals surface area contributed by atoms with E-state index in [9.17, 15) is 0 Å². The molecule has 4 heteroatoms. The van der Waals surface area contributed by atoms with Crippen LogP contribution in [0.2, 0.25) is 5.15 Å². The van der Waals surface area contributed by atoms with Gasteiger partial charge in [0, 0.05) is 5.56 Å². The van der Waals surface area contributed by atoms with E-state index in [1.54, 1.807) is 0 Å². The second-order valence-corrected chi connectivity index (χ2v) is 6.50. The molecule has 2 aromatic rings. The van der Waals surface area contributed by atoms with Gasteiger partial charge in [-0.05, 0) is 47.9 Å². The van der Waals surface area contributed by atoms with Crippen molar-refractivity contribution < 1.29 is 0 Å². The van der Waals surface area contributed by atoms with Crippen LogP contribution >= 0.6 is 34.2 Å². The Morgan fingerprint density at radius 1 is 1.26 bits per heavy atom. The van der Waals surface area contributed by atoms with Crippen molar-refractivity contribution in [2.75, 3.05) is 0 Å². The van der Waals surface area contributed by atoms with Gasteiger partial charge in [-0.1, -0.05) is 49.2 Å². The predicted molar refractivity (Wildman–Crippen MR) is 88.5 cm³/mol. The van der Waals surface area contributed by atoms with Crippen molar-refractivity contribution in [3.63, 3.8) is 0 Å². The molecule has 0 aliphatic carbocycles. The Labute approximate surface area is 132 Å². The van der Waals surface area contributed by atoms with Crippen LogP contribution in [0.3, 0.4) is 0 Å². The van der Waals surface area contributed by atoms with Gasteiger partial charge in [-0.2, -0.15) is 0 Å². The average molecular weight is 387 g/mol. The largest absolute Gasteiger partial charge is 0.232 e. The van der Waals surface area contributed by atoms with Crippen LogP contribution in [0.25, 0.3) is 11.4 Å². The lowest BCUT2D eigenvalue weighted by atomic mass is 10.1. The van der Waals surface area contributed by atoms with Gasteiger partial charge in [-0.3, -0.25) is 0 Å². The summed E-state index contributed by atoms with van der Waals surface area (Å²) in [6, 6.07) is 8.18. The van der Waals surface area contributed by atoms with Gasteiger partial charge in [-0.15, -0.1) is 0 Å².